The van der Waals surface area contributed by atoms with Gasteiger partial charge in [0.25, 0.3) is 0 Å². The van der Waals surface area contributed by atoms with Crippen molar-refractivity contribution in [2.45, 2.75) is 12.6 Å². The summed E-state index contributed by atoms with van der Waals surface area (Å²) < 4.78 is 66.8. The largest absolute Gasteiger partial charge is 1.00 e. The number of aliphatic hydroxyl groups excluding tert-OH is 1. The minimum atomic E-state index is -4.52. The molecule has 174 valence electrons. The molecule has 0 amide bonds. The Labute approximate surface area is 215 Å². The number of nitrogens with zero attached hydrogens (tertiary/aromatic N) is 3. The maximum absolute atomic E-state index is 13.3. The van der Waals surface area contributed by atoms with Crippen molar-refractivity contribution in [2.75, 3.05) is 29.4 Å². The molecule has 4 aromatic rings. The van der Waals surface area contributed by atoms with Crippen LogP contribution in [0.15, 0.2) is 48.7 Å². The van der Waals surface area contributed by atoms with Gasteiger partial charge in [-0.2, -0.15) is 13.2 Å². The first-order chi connectivity index (χ1) is 15.6. The van der Waals surface area contributed by atoms with Crippen LogP contribution < -0.4 is 39.6 Å². The molecule has 0 aliphatic carbocycles. The van der Waals surface area contributed by atoms with Crippen LogP contribution in [0, 0.1) is 0 Å². The number of alkyl halides is 3. The van der Waals surface area contributed by atoms with Crippen LogP contribution in [0.1, 0.15) is 12.0 Å². The predicted molar refractivity (Wildman–Crippen MR) is 120 cm³/mol. The van der Waals surface area contributed by atoms with Crippen molar-refractivity contribution in [1.29, 1.82) is 0 Å². The number of rotatable bonds is 7. The normalized spacial score (nSPS) is 12.0. The van der Waals surface area contributed by atoms with E-state index >= 15 is 0 Å². The molecule has 0 aliphatic heterocycles. The van der Waals surface area contributed by atoms with Gasteiger partial charge in [-0.1, -0.05) is 12.1 Å². The summed E-state index contributed by atoms with van der Waals surface area (Å²) in [6.07, 6.45) is -1.47. The van der Waals surface area contributed by atoms with Gasteiger partial charge in [0.2, 0.25) is 10.0 Å². The zero-order valence-corrected chi connectivity index (χ0v) is 21.2. The van der Waals surface area contributed by atoms with Crippen molar-refractivity contribution in [3.8, 4) is 11.3 Å². The zero-order chi connectivity index (χ0) is 23.8. The molecule has 2 heterocycles. The molecule has 13 heteroatoms. The van der Waals surface area contributed by atoms with Gasteiger partial charge >= 0.3 is 35.7 Å². The van der Waals surface area contributed by atoms with Crippen LogP contribution >= 0.6 is 0 Å². The summed E-state index contributed by atoms with van der Waals surface area (Å²) in [7, 11) is -3.43. The monoisotopic (exact) mass is 502 g/mol. The number of hydrogen-bond donors (Lipinski definition) is 3. The fraction of sp³-hybridized carbons (Fsp3) is 0.238. The summed E-state index contributed by atoms with van der Waals surface area (Å²) in [6, 6.07) is 9.86. The van der Waals surface area contributed by atoms with Crippen LogP contribution in [0.3, 0.4) is 0 Å². The summed E-state index contributed by atoms with van der Waals surface area (Å²) in [5, 5.41) is 12.1. The van der Waals surface area contributed by atoms with Gasteiger partial charge in [-0.05, 0) is 36.8 Å². The van der Waals surface area contributed by atoms with Crippen LogP contribution in [-0.4, -0.2) is 47.3 Å². The van der Waals surface area contributed by atoms with E-state index in [0.717, 1.165) is 18.4 Å². The van der Waals surface area contributed by atoms with Gasteiger partial charge in [-0.3, -0.25) is 9.12 Å². The van der Waals surface area contributed by atoms with Crippen molar-refractivity contribution < 1.29 is 56.3 Å². The van der Waals surface area contributed by atoms with Gasteiger partial charge in [-0.25, -0.2) is 18.4 Å². The van der Waals surface area contributed by atoms with E-state index in [1.54, 1.807) is 34.9 Å². The second-order valence-electron chi connectivity index (χ2n) is 7.42. The van der Waals surface area contributed by atoms with Crippen LogP contribution in [0.25, 0.3) is 27.9 Å². The quantitative estimate of drug-likeness (QED) is 0.254. The fourth-order valence-corrected chi connectivity index (χ4v) is 4.01. The second-order valence-corrected chi connectivity index (χ2v) is 9.17. The number of imidazole rings is 1. The number of nitrogens with one attached hydrogen (secondary N) is 2. The average molecular weight is 502 g/mol. The number of aliphatic hydroxyl groups is 1. The van der Waals surface area contributed by atoms with E-state index in [1.807, 2.05) is 0 Å². The van der Waals surface area contributed by atoms with Crippen LogP contribution in [-0.2, 0) is 16.2 Å². The molecule has 0 saturated heterocycles. The van der Waals surface area contributed by atoms with E-state index in [9.17, 15) is 21.6 Å². The van der Waals surface area contributed by atoms with E-state index < -0.39 is 21.8 Å². The summed E-state index contributed by atoms with van der Waals surface area (Å²) in [5.74, 6) is 0.289. The second kappa shape index (κ2) is 10.1. The molecule has 2 aromatic carbocycles. The number of hydrogen-bond acceptors (Lipinski definition) is 6. The maximum atomic E-state index is 13.3. The summed E-state index contributed by atoms with van der Waals surface area (Å²) in [5.41, 5.74) is 1.79. The average Bonchev–Trinajstić information content (AvgIpc) is 3.18. The third-order valence-corrected chi connectivity index (χ3v) is 5.47. The Balaban J connectivity index is 0.00000324. The molecule has 0 fully saturated rings. The number of sulfonamides is 1. The van der Waals surface area contributed by atoms with E-state index in [4.69, 9.17) is 5.11 Å². The molecule has 0 atom stereocenters. The number of halogens is 3. The van der Waals surface area contributed by atoms with Crippen LogP contribution in [0.5, 0.6) is 0 Å². The van der Waals surface area contributed by atoms with E-state index in [1.165, 1.54) is 6.07 Å². The van der Waals surface area contributed by atoms with Crippen molar-refractivity contribution in [2.24, 2.45) is 0 Å². The van der Waals surface area contributed by atoms with Gasteiger partial charge in [-0.15, -0.1) is 0 Å². The van der Waals surface area contributed by atoms with Crippen LogP contribution in [0.2, 0.25) is 0 Å². The van der Waals surface area contributed by atoms with Gasteiger partial charge in [0, 0.05) is 24.4 Å². The standard InChI is InChI=1S/C21H20F3N5O3S.Na/c1-33(31,32)28-15-6-3-13(4-7-15)18-12-26-20-19(25-9-2-10-30)27-16-11-14(21(22,23)24)5-8-17(16)29(18)20;/h3-8,11-12,28,30H,2,9-10H2,1H3,(H,25,27);/q;+1. The van der Waals surface area contributed by atoms with Crippen molar-refractivity contribution >= 4 is 38.2 Å². The zero-order valence-electron chi connectivity index (χ0n) is 18.4. The Bertz CT molecular complexity index is 1420. The maximum Gasteiger partial charge on any atom is 1.00 e. The minimum absolute atomic E-state index is 0. The molecule has 3 N–H and O–H groups in total. The first kappa shape index (κ1) is 26.2. The molecule has 0 unspecified atom stereocenters. The molecule has 0 saturated carbocycles. The molecule has 34 heavy (non-hydrogen) atoms. The molecule has 0 bridgehead atoms. The Hall–Kier alpha value is -2.38. The summed E-state index contributed by atoms with van der Waals surface area (Å²) in [4.78, 5) is 8.78. The van der Waals surface area contributed by atoms with Gasteiger partial charge < -0.3 is 10.4 Å². The molecule has 0 spiro atoms. The third kappa shape index (κ3) is 5.63. The molecule has 0 radical (unpaired) electrons. The van der Waals surface area contributed by atoms with Gasteiger partial charge in [0.1, 0.15) is 0 Å². The number of aromatic nitrogens is 3. The molecule has 2 aromatic heterocycles. The fourth-order valence-electron chi connectivity index (χ4n) is 3.44. The first-order valence-corrected chi connectivity index (χ1v) is 11.8. The van der Waals surface area contributed by atoms with Crippen molar-refractivity contribution in [3.05, 3.63) is 54.2 Å². The molecular weight excluding hydrogens is 482 g/mol. The first-order valence-electron chi connectivity index (χ1n) is 9.88. The summed E-state index contributed by atoms with van der Waals surface area (Å²) >= 11 is 0. The molecule has 4 rings (SSSR count). The summed E-state index contributed by atoms with van der Waals surface area (Å²) in [6.45, 7) is 0.306. The molecular formula is C21H20F3N5NaO3S+. The minimum Gasteiger partial charge on any atom is -0.396 e. The van der Waals surface area contributed by atoms with Crippen molar-refractivity contribution in [1.82, 2.24) is 14.4 Å². The van der Waals surface area contributed by atoms with Gasteiger partial charge in [0.15, 0.2) is 11.5 Å². The molecule has 8 nitrogen and oxygen atoms in total. The predicted octanol–water partition coefficient (Wildman–Crippen LogP) is 0.738. The van der Waals surface area contributed by atoms with Gasteiger partial charge in [0.05, 0.1) is 34.7 Å². The molecule has 0 aliphatic rings. The number of fused-ring (bicyclic) bond motifs is 3. The van der Waals surface area contributed by atoms with E-state index in [0.29, 0.717) is 41.1 Å². The van der Waals surface area contributed by atoms with Crippen LogP contribution in [0.4, 0.5) is 24.7 Å². The van der Waals surface area contributed by atoms with E-state index in [-0.39, 0.29) is 47.5 Å². The SMILES string of the molecule is CS(=O)(=O)Nc1ccc(-c2cnc3c(NCCCO)nc4cc(C(F)(F)F)ccc4n23)cc1.[Na+]. The van der Waals surface area contributed by atoms with E-state index in [2.05, 4.69) is 20.0 Å². The van der Waals surface area contributed by atoms with Crippen molar-refractivity contribution in [3.63, 3.8) is 0 Å². The number of anilines is 2. The Morgan fingerprint density at radius 2 is 1.82 bits per heavy atom. The topological polar surface area (TPSA) is 109 Å². The Morgan fingerprint density at radius 1 is 1.12 bits per heavy atom. The number of benzene rings is 2. The smallest absolute Gasteiger partial charge is 0.396 e. The Kier molecular flexibility index (Phi) is 7.78. The third-order valence-electron chi connectivity index (χ3n) is 4.86. The Morgan fingerprint density at radius 3 is 2.44 bits per heavy atom.